The van der Waals surface area contributed by atoms with E-state index in [1.807, 2.05) is 26.8 Å². The van der Waals surface area contributed by atoms with Crippen LogP contribution in [0.1, 0.15) is 25.0 Å². The Morgan fingerprint density at radius 3 is 2.48 bits per heavy atom. The largest absolute Gasteiger partial charge is 0.490 e. The van der Waals surface area contributed by atoms with E-state index in [2.05, 4.69) is 4.72 Å². The maximum atomic E-state index is 12.8. The summed E-state index contributed by atoms with van der Waals surface area (Å²) in [5.74, 6) is 0.419. The van der Waals surface area contributed by atoms with Gasteiger partial charge in [0.05, 0.1) is 21.7 Å². The SMILES string of the molecule is Cc1ccc(S(=O)(=O)Nc2ccc3c(c2)OCC(C)(C)C(=O)N3C)c(C)c1. The van der Waals surface area contributed by atoms with Crippen LogP contribution in [-0.4, -0.2) is 28.0 Å². The third-order valence-electron chi connectivity index (χ3n) is 4.67. The van der Waals surface area contributed by atoms with E-state index in [1.165, 1.54) is 0 Å². The van der Waals surface area contributed by atoms with Crippen LogP contribution in [0.15, 0.2) is 41.3 Å². The number of nitrogens with zero attached hydrogens (tertiary/aromatic N) is 1. The highest BCUT2D eigenvalue weighted by molar-refractivity contribution is 7.92. The van der Waals surface area contributed by atoms with Gasteiger partial charge in [-0.3, -0.25) is 9.52 Å². The molecule has 7 heteroatoms. The summed E-state index contributed by atoms with van der Waals surface area (Å²) in [6.07, 6.45) is 0. The minimum Gasteiger partial charge on any atom is -0.490 e. The molecule has 0 saturated heterocycles. The van der Waals surface area contributed by atoms with E-state index >= 15 is 0 Å². The number of carbonyl (C=O) groups excluding carboxylic acids is 1. The lowest BCUT2D eigenvalue weighted by Gasteiger charge is -2.24. The van der Waals surface area contributed by atoms with Crippen LogP contribution in [0.2, 0.25) is 0 Å². The van der Waals surface area contributed by atoms with E-state index in [-0.39, 0.29) is 17.4 Å². The average molecular weight is 388 g/mol. The van der Waals surface area contributed by atoms with Gasteiger partial charge in [0.2, 0.25) is 5.91 Å². The van der Waals surface area contributed by atoms with Crippen LogP contribution in [0.5, 0.6) is 5.75 Å². The molecule has 2 aromatic carbocycles. The number of aryl methyl sites for hydroxylation is 2. The van der Waals surface area contributed by atoms with Crippen LogP contribution in [0, 0.1) is 19.3 Å². The van der Waals surface area contributed by atoms with Crippen LogP contribution in [-0.2, 0) is 14.8 Å². The molecule has 27 heavy (non-hydrogen) atoms. The van der Waals surface area contributed by atoms with Crippen LogP contribution >= 0.6 is 0 Å². The number of hydrogen-bond donors (Lipinski definition) is 1. The number of sulfonamides is 1. The maximum Gasteiger partial charge on any atom is 0.262 e. The van der Waals surface area contributed by atoms with Gasteiger partial charge in [-0.2, -0.15) is 0 Å². The van der Waals surface area contributed by atoms with Crippen molar-refractivity contribution in [2.24, 2.45) is 5.41 Å². The molecule has 0 aromatic heterocycles. The van der Waals surface area contributed by atoms with Gasteiger partial charge in [-0.05, 0) is 51.5 Å². The molecule has 3 rings (SSSR count). The second kappa shape index (κ2) is 6.56. The summed E-state index contributed by atoms with van der Waals surface area (Å²) < 4.78 is 34.0. The minimum atomic E-state index is -3.73. The van der Waals surface area contributed by atoms with Crippen molar-refractivity contribution < 1.29 is 17.9 Å². The molecular formula is C20H24N2O4S. The molecule has 0 spiro atoms. The molecule has 1 N–H and O–H groups in total. The molecule has 0 atom stereocenters. The predicted molar refractivity (Wildman–Crippen MR) is 106 cm³/mol. The molecule has 0 unspecified atom stereocenters. The summed E-state index contributed by atoms with van der Waals surface area (Å²) >= 11 is 0. The van der Waals surface area contributed by atoms with Crippen LogP contribution < -0.4 is 14.4 Å². The molecule has 0 saturated carbocycles. The van der Waals surface area contributed by atoms with Crippen molar-refractivity contribution in [3.8, 4) is 5.75 Å². The molecule has 0 radical (unpaired) electrons. The summed E-state index contributed by atoms with van der Waals surface area (Å²) in [7, 11) is -2.04. The Kier molecular flexibility index (Phi) is 4.67. The Bertz CT molecular complexity index is 1010. The maximum absolute atomic E-state index is 12.8. The van der Waals surface area contributed by atoms with Crippen molar-refractivity contribution in [1.82, 2.24) is 0 Å². The zero-order valence-electron chi connectivity index (χ0n) is 16.2. The molecule has 1 aliphatic rings. The van der Waals surface area contributed by atoms with E-state index in [9.17, 15) is 13.2 Å². The number of benzene rings is 2. The van der Waals surface area contributed by atoms with Crippen molar-refractivity contribution in [2.45, 2.75) is 32.6 Å². The Morgan fingerprint density at radius 1 is 1.11 bits per heavy atom. The Morgan fingerprint density at radius 2 is 1.81 bits per heavy atom. The molecule has 1 aliphatic heterocycles. The first kappa shape index (κ1) is 19.2. The molecule has 0 aliphatic carbocycles. The van der Waals surface area contributed by atoms with Gasteiger partial charge in [-0.25, -0.2) is 8.42 Å². The topological polar surface area (TPSA) is 75.7 Å². The highest BCUT2D eigenvalue weighted by Gasteiger charge is 2.36. The molecule has 1 amide bonds. The van der Waals surface area contributed by atoms with Crippen molar-refractivity contribution in [1.29, 1.82) is 0 Å². The van der Waals surface area contributed by atoms with Gasteiger partial charge >= 0.3 is 0 Å². The first-order chi connectivity index (χ1) is 12.5. The number of rotatable bonds is 3. The van der Waals surface area contributed by atoms with Crippen molar-refractivity contribution in [3.05, 3.63) is 47.5 Å². The zero-order chi connectivity index (χ0) is 20.0. The van der Waals surface area contributed by atoms with E-state index < -0.39 is 15.4 Å². The second-order valence-electron chi connectivity index (χ2n) is 7.59. The molecule has 0 fully saturated rings. The van der Waals surface area contributed by atoms with Crippen LogP contribution in [0.25, 0.3) is 0 Å². The van der Waals surface area contributed by atoms with Gasteiger partial charge in [-0.15, -0.1) is 0 Å². The number of nitrogens with one attached hydrogen (secondary N) is 1. The summed E-state index contributed by atoms with van der Waals surface area (Å²) in [6.45, 7) is 7.55. The molecule has 0 bridgehead atoms. The fourth-order valence-corrected chi connectivity index (χ4v) is 4.44. The van der Waals surface area contributed by atoms with Crippen LogP contribution in [0.4, 0.5) is 11.4 Å². The number of amides is 1. The number of anilines is 2. The Balaban J connectivity index is 1.94. The lowest BCUT2D eigenvalue weighted by Crippen LogP contribution is -2.39. The number of hydrogen-bond acceptors (Lipinski definition) is 4. The number of fused-ring (bicyclic) bond motifs is 1. The fourth-order valence-electron chi connectivity index (χ4n) is 3.16. The van der Waals surface area contributed by atoms with Crippen molar-refractivity contribution in [3.63, 3.8) is 0 Å². The first-order valence-corrected chi connectivity index (χ1v) is 10.1. The monoisotopic (exact) mass is 388 g/mol. The van der Waals surface area contributed by atoms with Crippen LogP contribution in [0.3, 0.4) is 0 Å². The van der Waals surface area contributed by atoms with E-state index in [0.717, 1.165) is 5.56 Å². The summed E-state index contributed by atoms with van der Waals surface area (Å²) in [6, 6.07) is 10.1. The van der Waals surface area contributed by atoms with Gasteiger partial charge in [0, 0.05) is 13.1 Å². The first-order valence-electron chi connectivity index (χ1n) is 8.66. The lowest BCUT2D eigenvalue weighted by molar-refractivity contribution is -0.127. The van der Waals surface area contributed by atoms with Gasteiger partial charge in [0.25, 0.3) is 10.0 Å². The van der Waals surface area contributed by atoms with E-state index in [0.29, 0.717) is 22.7 Å². The lowest BCUT2D eigenvalue weighted by atomic mass is 9.93. The number of ether oxygens (including phenoxy) is 1. The standard InChI is InChI=1S/C20H24N2O4S/c1-13-6-9-18(14(2)10-13)27(24,25)21-15-7-8-16-17(11-15)26-12-20(3,4)19(23)22(16)5/h6-11,21H,12H2,1-5H3. The fraction of sp³-hybridized carbons (Fsp3) is 0.350. The van der Waals surface area contributed by atoms with Gasteiger partial charge in [0.1, 0.15) is 12.4 Å². The second-order valence-corrected chi connectivity index (χ2v) is 9.24. The zero-order valence-corrected chi connectivity index (χ0v) is 17.0. The van der Waals surface area contributed by atoms with Gasteiger partial charge < -0.3 is 9.64 Å². The highest BCUT2D eigenvalue weighted by atomic mass is 32.2. The molecule has 2 aromatic rings. The quantitative estimate of drug-likeness (QED) is 0.873. The third kappa shape index (κ3) is 3.64. The molecule has 6 nitrogen and oxygen atoms in total. The third-order valence-corrected chi connectivity index (χ3v) is 6.21. The normalized spacial score (nSPS) is 16.3. The molecule has 144 valence electrons. The van der Waals surface area contributed by atoms with Crippen molar-refractivity contribution >= 4 is 27.3 Å². The van der Waals surface area contributed by atoms with Gasteiger partial charge in [-0.1, -0.05) is 17.7 Å². The minimum absolute atomic E-state index is 0.0511. The summed E-state index contributed by atoms with van der Waals surface area (Å²) in [5.41, 5.74) is 2.02. The van der Waals surface area contributed by atoms with Crippen molar-refractivity contribution in [2.75, 3.05) is 23.3 Å². The van der Waals surface area contributed by atoms with Gasteiger partial charge in [0.15, 0.2) is 0 Å². The summed E-state index contributed by atoms with van der Waals surface area (Å²) in [5, 5.41) is 0. The molecular weight excluding hydrogens is 364 g/mol. The average Bonchev–Trinajstić information content (AvgIpc) is 2.65. The Labute approximate surface area is 160 Å². The predicted octanol–water partition coefficient (Wildman–Crippen LogP) is 3.49. The highest BCUT2D eigenvalue weighted by Crippen LogP contribution is 2.37. The smallest absolute Gasteiger partial charge is 0.262 e. The Hall–Kier alpha value is -2.54. The van der Waals surface area contributed by atoms with E-state index in [4.69, 9.17) is 4.74 Å². The van der Waals surface area contributed by atoms with E-state index in [1.54, 1.807) is 49.2 Å². The molecule has 1 heterocycles. The number of carbonyl (C=O) groups is 1. The summed E-state index contributed by atoms with van der Waals surface area (Å²) in [4.78, 5) is 14.3.